The molecule has 0 spiro atoms. The Kier molecular flexibility index (Phi) is 7.41. The lowest BCUT2D eigenvalue weighted by molar-refractivity contribution is -0.137. The van der Waals surface area contributed by atoms with Crippen LogP contribution >= 0.6 is 0 Å². The Labute approximate surface area is 218 Å². The van der Waals surface area contributed by atoms with Crippen LogP contribution in [0.5, 0.6) is 0 Å². The Bertz CT molecular complexity index is 1450. The molecule has 3 aromatic rings. The van der Waals surface area contributed by atoms with Gasteiger partial charge in [0.15, 0.2) is 0 Å². The molecule has 3 aromatic carbocycles. The smallest absolute Gasteiger partial charge is 0.255 e. The van der Waals surface area contributed by atoms with Crippen LogP contribution in [-0.2, 0) is 14.8 Å². The van der Waals surface area contributed by atoms with Crippen LogP contribution in [0.3, 0.4) is 0 Å². The fourth-order valence-corrected chi connectivity index (χ4v) is 6.40. The number of piperidine rings is 1. The first-order valence-electron chi connectivity index (χ1n) is 12.4. The van der Waals surface area contributed by atoms with Crippen molar-refractivity contribution < 1.29 is 18.0 Å². The predicted molar refractivity (Wildman–Crippen MR) is 146 cm³/mol. The number of hydrogen-bond acceptors (Lipinski definition) is 5. The molecule has 4 rings (SSSR count). The van der Waals surface area contributed by atoms with E-state index in [0.29, 0.717) is 41.5 Å². The first-order chi connectivity index (χ1) is 17.4. The lowest BCUT2D eigenvalue weighted by atomic mass is 9.93. The Hall–Kier alpha value is -3.27. The van der Waals surface area contributed by atoms with Crippen molar-refractivity contribution in [2.75, 3.05) is 18.4 Å². The Morgan fingerprint density at radius 1 is 1.00 bits per heavy atom. The molecule has 4 N–H and O–H groups in total. The molecule has 2 amide bonds. The summed E-state index contributed by atoms with van der Waals surface area (Å²) >= 11 is 0. The van der Waals surface area contributed by atoms with Gasteiger partial charge in [-0.25, -0.2) is 13.1 Å². The highest BCUT2D eigenvalue weighted by Crippen LogP contribution is 2.31. The van der Waals surface area contributed by atoms with Gasteiger partial charge in [-0.3, -0.25) is 9.59 Å². The first-order valence-corrected chi connectivity index (χ1v) is 13.9. The molecule has 1 saturated heterocycles. The number of sulfonamides is 1. The monoisotopic (exact) mass is 522 g/mol. The molecule has 37 heavy (non-hydrogen) atoms. The van der Waals surface area contributed by atoms with Crippen molar-refractivity contribution in [2.24, 2.45) is 11.7 Å². The molecule has 1 aliphatic heterocycles. The van der Waals surface area contributed by atoms with Crippen LogP contribution in [-0.4, -0.2) is 49.8 Å². The lowest BCUT2D eigenvalue weighted by Gasteiger charge is -2.39. The summed E-state index contributed by atoms with van der Waals surface area (Å²) in [5.41, 5.74) is 6.95. The number of likely N-dealkylation sites (tertiary alicyclic amines) is 1. The second-order valence-corrected chi connectivity index (χ2v) is 12.1. The van der Waals surface area contributed by atoms with Gasteiger partial charge in [-0.15, -0.1) is 0 Å². The van der Waals surface area contributed by atoms with Gasteiger partial charge in [-0.2, -0.15) is 0 Å². The quantitative estimate of drug-likeness (QED) is 0.456. The van der Waals surface area contributed by atoms with Crippen molar-refractivity contribution in [3.05, 3.63) is 71.8 Å². The zero-order valence-electron chi connectivity index (χ0n) is 21.6. The average molecular weight is 523 g/mol. The molecular formula is C28H34N4O4S. The van der Waals surface area contributed by atoms with E-state index in [9.17, 15) is 18.0 Å². The maximum absolute atomic E-state index is 13.5. The number of aryl methyl sites for hydroxylation is 1. The number of carbonyl (C=O) groups is 2. The number of hydrogen-bond donors (Lipinski definition) is 3. The minimum absolute atomic E-state index is 0.0891. The Morgan fingerprint density at radius 2 is 1.65 bits per heavy atom. The highest BCUT2D eigenvalue weighted by atomic mass is 32.2. The van der Waals surface area contributed by atoms with Crippen LogP contribution in [0.15, 0.2) is 65.6 Å². The molecule has 1 fully saturated rings. The van der Waals surface area contributed by atoms with Crippen LogP contribution in [0.4, 0.5) is 5.69 Å². The summed E-state index contributed by atoms with van der Waals surface area (Å²) in [5.74, 6) is -0.489. The van der Waals surface area contributed by atoms with E-state index in [1.807, 2.05) is 32.0 Å². The highest BCUT2D eigenvalue weighted by molar-refractivity contribution is 7.89. The summed E-state index contributed by atoms with van der Waals surface area (Å²) < 4.78 is 29.9. The number of anilines is 1. The second kappa shape index (κ2) is 10.2. The van der Waals surface area contributed by atoms with E-state index < -0.39 is 15.6 Å². The number of nitrogens with one attached hydrogen (secondary N) is 2. The molecule has 0 radical (unpaired) electrons. The number of amides is 2. The van der Waals surface area contributed by atoms with E-state index in [0.717, 1.165) is 5.56 Å². The third-order valence-electron chi connectivity index (χ3n) is 6.86. The maximum Gasteiger partial charge on any atom is 0.255 e. The summed E-state index contributed by atoms with van der Waals surface area (Å²) in [6.07, 6.45) is 0.491. The fraction of sp³-hybridized carbons (Fsp3) is 0.357. The summed E-state index contributed by atoms with van der Waals surface area (Å²) in [4.78, 5) is 27.3. The van der Waals surface area contributed by atoms with Crippen molar-refractivity contribution in [3.63, 3.8) is 0 Å². The molecule has 0 aliphatic carbocycles. The standard InChI is InChI=1S/C28H34N4O4S/c1-18-9-5-6-10-20(18)26(33)30-24-13-14-25(22-12-8-7-11-21(22)24)37(35,36)31-23-15-16-32(17-19(23)2)27(34)28(3,4)29/h5-14,19,23,31H,15-17,29H2,1-4H3,(H,30,33)/t19-,23-/m0/s1. The number of nitrogens with two attached hydrogens (primary N) is 1. The largest absolute Gasteiger partial charge is 0.341 e. The molecule has 0 aromatic heterocycles. The third-order valence-corrected chi connectivity index (χ3v) is 8.41. The molecule has 0 unspecified atom stereocenters. The summed E-state index contributed by atoms with van der Waals surface area (Å²) in [6.45, 7) is 8.00. The van der Waals surface area contributed by atoms with Crippen LogP contribution < -0.4 is 15.8 Å². The summed E-state index contributed by atoms with van der Waals surface area (Å²) in [6, 6.07) is 17.2. The zero-order chi connectivity index (χ0) is 27.0. The molecule has 1 heterocycles. The summed E-state index contributed by atoms with van der Waals surface area (Å²) in [7, 11) is -3.88. The molecule has 196 valence electrons. The second-order valence-electron chi connectivity index (χ2n) is 10.4. The van der Waals surface area contributed by atoms with Crippen molar-refractivity contribution >= 4 is 38.3 Å². The molecule has 9 heteroatoms. The average Bonchev–Trinajstić information content (AvgIpc) is 2.84. The van der Waals surface area contributed by atoms with Crippen LogP contribution in [0.1, 0.15) is 43.1 Å². The van der Waals surface area contributed by atoms with E-state index in [2.05, 4.69) is 10.0 Å². The number of rotatable bonds is 6. The van der Waals surface area contributed by atoms with Crippen molar-refractivity contribution in [3.8, 4) is 0 Å². The Balaban J connectivity index is 1.57. The summed E-state index contributed by atoms with van der Waals surface area (Å²) in [5, 5.41) is 4.08. The van der Waals surface area contributed by atoms with Gasteiger partial charge in [-0.1, -0.05) is 49.4 Å². The zero-order valence-corrected chi connectivity index (χ0v) is 22.4. The van der Waals surface area contributed by atoms with Gasteiger partial charge in [-0.05, 0) is 56.9 Å². The van der Waals surface area contributed by atoms with Crippen LogP contribution in [0.25, 0.3) is 10.8 Å². The van der Waals surface area contributed by atoms with Gasteiger partial charge in [0.05, 0.1) is 10.4 Å². The molecule has 2 atom stereocenters. The van der Waals surface area contributed by atoms with E-state index >= 15 is 0 Å². The number of nitrogens with zero attached hydrogens (tertiary/aromatic N) is 1. The van der Waals surface area contributed by atoms with E-state index in [4.69, 9.17) is 5.73 Å². The molecule has 8 nitrogen and oxygen atoms in total. The SMILES string of the molecule is Cc1ccccc1C(=O)Nc1ccc(S(=O)(=O)N[C@H]2CCN(C(=O)C(C)(C)N)C[C@@H]2C)c2ccccc12. The number of benzene rings is 3. The van der Waals surface area contributed by atoms with Crippen molar-refractivity contribution in [1.29, 1.82) is 0 Å². The van der Waals surface area contributed by atoms with Crippen molar-refractivity contribution in [1.82, 2.24) is 9.62 Å². The van der Waals surface area contributed by atoms with Crippen LogP contribution in [0, 0.1) is 12.8 Å². The van der Waals surface area contributed by atoms with E-state index in [1.165, 1.54) is 6.07 Å². The number of carbonyl (C=O) groups excluding carboxylic acids is 2. The third kappa shape index (κ3) is 5.69. The normalized spacial score (nSPS) is 18.6. The van der Waals surface area contributed by atoms with E-state index in [-0.39, 0.29) is 28.7 Å². The van der Waals surface area contributed by atoms with Gasteiger partial charge in [0.1, 0.15) is 0 Å². The van der Waals surface area contributed by atoms with Gasteiger partial charge in [0.25, 0.3) is 5.91 Å². The van der Waals surface area contributed by atoms with Crippen LogP contribution in [0.2, 0.25) is 0 Å². The molecule has 1 aliphatic rings. The van der Waals surface area contributed by atoms with Gasteiger partial charge in [0.2, 0.25) is 15.9 Å². The van der Waals surface area contributed by atoms with E-state index in [1.54, 1.807) is 55.1 Å². The topological polar surface area (TPSA) is 122 Å². The first kappa shape index (κ1) is 26.8. The minimum atomic E-state index is -3.88. The molecule has 0 bridgehead atoms. The molecule has 0 saturated carbocycles. The highest BCUT2D eigenvalue weighted by Gasteiger charge is 2.36. The molecular weight excluding hydrogens is 488 g/mol. The fourth-order valence-electron chi connectivity index (χ4n) is 4.81. The predicted octanol–water partition coefficient (Wildman–Crippen LogP) is 3.65. The Morgan fingerprint density at radius 3 is 2.30 bits per heavy atom. The van der Waals surface area contributed by atoms with Crippen molar-refractivity contribution in [2.45, 2.75) is 50.6 Å². The minimum Gasteiger partial charge on any atom is -0.341 e. The maximum atomic E-state index is 13.5. The lowest BCUT2D eigenvalue weighted by Crippen LogP contribution is -2.57. The van der Waals surface area contributed by atoms with Gasteiger partial charge >= 0.3 is 0 Å². The van der Waals surface area contributed by atoms with Gasteiger partial charge < -0.3 is 16.0 Å². The number of fused-ring (bicyclic) bond motifs is 1. The van der Waals surface area contributed by atoms with Gasteiger partial charge in [0, 0.05) is 41.2 Å².